The maximum Gasteiger partial charge on any atom is 0.341 e. The summed E-state index contributed by atoms with van der Waals surface area (Å²) in [7, 11) is 0. The third kappa shape index (κ3) is 3.58. The Labute approximate surface area is 175 Å². The topological polar surface area (TPSA) is 104 Å². The number of nitrogens with one attached hydrogen (secondary N) is 2. The van der Waals surface area contributed by atoms with Crippen molar-refractivity contribution in [2.45, 2.75) is 0 Å². The zero-order valence-electron chi connectivity index (χ0n) is 15.5. The van der Waals surface area contributed by atoms with Crippen LogP contribution in [-0.4, -0.2) is 37.6 Å². The Kier molecular flexibility index (Phi) is 4.37. The SMILES string of the molecule is O=C(O)COC1=Cc2nc1cc1ccc(cc3ccc(cc4nc(c2Cl)C=C4)[nH]3)[nH]1. The van der Waals surface area contributed by atoms with Gasteiger partial charge in [0.05, 0.1) is 22.1 Å². The highest BCUT2D eigenvalue weighted by Crippen LogP contribution is 2.30. The van der Waals surface area contributed by atoms with Crippen molar-refractivity contribution in [2.75, 3.05) is 6.61 Å². The summed E-state index contributed by atoms with van der Waals surface area (Å²) in [6, 6.07) is 13.5. The van der Waals surface area contributed by atoms with Gasteiger partial charge in [-0.25, -0.2) is 14.8 Å². The molecule has 30 heavy (non-hydrogen) atoms. The van der Waals surface area contributed by atoms with E-state index in [1.54, 1.807) is 12.1 Å². The fourth-order valence-electron chi connectivity index (χ4n) is 3.27. The minimum absolute atomic E-state index is 0.335. The van der Waals surface area contributed by atoms with Crippen LogP contribution in [0.2, 0.25) is 5.02 Å². The summed E-state index contributed by atoms with van der Waals surface area (Å²) >= 11 is 6.56. The summed E-state index contributed by atoms with van der Waals surface area (Å²) in [6.45, 7) is -0.476. The van der Waals surface area contributed by atoms with Gasteiger partial charge in [0, 0.05) is 28.1 Å². The molecule has 0 saturated heterocycles. The van der Waals surface area contributed by atoms with Crippen LogP contribution in [-0.2, 0) is 9.53 Å². The zero-order chi connectivity index (χ0) is 20.7. The molecule has 0 spiro atoms. The van der Waals surface area contributed by atoms with Crippen molar-refractivity contribution in [3.8, 4) is 0 Å². The Morgan fingerprint density at radius 2 is 1.60 bits per heavy atom. The van der Waals surface area contributed by atoms with Gasteiger partial charge >= 0.3 is 5.97 Å². The second-order valence-electron chi connectivity index (χ2n) is 6.81. The molecule has 0 radical (unpaired) electrons. The molecule has 5 rings (SSSR count). The van der Waals surface area contributed by atoms with E-state index in [1.165, 1.54) is 0 Å². The maximum absolute atomic E-state index is 11.0. The smallest absolute Gasteiger partial charge is 0.341 e. The fraction of sp³-hybridized carbons (Fsp3) is 0.0455. The number of H-pyrrole nitrogens is 2. The van der Waals surface area contributed by atoms with Gasteiger partial charge in [0.2, 0.25) is 0 Å². The molecule has 0 unspecified atom stereocenters. The summed E-state index contributed by atoms with van der Waals surface area (Å²) < 4.78 is 5.43. The molecule has 0 saturated carbocycles. The van der Waals surface area contributed by atoms with Gasteiger partial charge < -0.3 is 19.8 Å². The first kappa shape index (κ1) is 18.2. The number of hydrogen-bond acceptors (Lipinski definition) is 4. The molecule has 0 aromatic carbocycles. The van der Waals surface area contributed by atoms with Crippen molar-refractivity contribution in [3.63, 3.8) is 0 Å². The van der Waals surface area contributed by atoms with Gasteiger partial charge in [-0.2, -0.15) is 0 Å². The number of fused-ring (bicyclic) bond motifs is 8. The average molecular weight is 419 g/mol. The Morgan fingerprint density at radius 3 is 2.30 bits per heavy atom. The van der Waals surface area contributed by atoms with Gasteiger partial charge in [-0.05, 0) is 54.6 Å². The van der Waals surface area contributed by atoms with Crippen molar-refractivity contribution < 1.29 is 14.6 Å². The van der Waals surface area contributed by atoms with Crippen LogP contribution in [0.4, 0.5) is 0 Å². The lowest BCUT2D eigenvalue weighted by molar-refractivity contribution is -0.139. The van der Waals surface area contributed by atoms with Gasteiger partial charge in [0.25, 0.3) is 0 Å². The van der Waals surface area contributed by atoms with Crippen LogP contribution in [0.25, 0.3) is 46.1 Å². The highest BCUT2D eigenvalue weighted by Gasteiger charge is 2.17. The van der Waals surface area contributed by atoms with Gasteiger partial charge in [0.15, 0.2) is 6.61 Å². The average Bonchev–Trinajstić information content (AvgIpc) is 3.49. The van der Waals surface area contributed by atoms with Crippen molar-refractivity contribution in [1.29, 1.82) is 0 Å². The van der Waals surface area contributed by atoms with E-state index in [2.05, 4.69) is 19.9 Å². The standard InChI is InChI=1S/C22H15ClN4O3/c23-22-17-6-5-15(26-17)8-14-2-1-12(24-14)7-13-3-4-16(25-13)9-18-20(10-19(22)27-18)30-11-21(28)29/h1-10,24-25H,11H2,(H,28,29). The molecule has 2 aliphatic rings. The highest BCUT2D eigenvalue weighted by molar-refractivity contribution is 6.33. The van der Waals surface area contributed by atoms with Crippen molar-refractivity contribution >= 4 is 63.6 Å². The number of aliphatic carboxylic acids is 1. The number of carbonyl (C=O) groups is 1. The number of nitrogens with zero attached hydrogens (tertiary/aromatic N) is 2. The Balaban J connectivity index is 1.78. The van der Waals surface area contributed by atoms with Gasteiger partial charge in [0.1, 0.15) is 11.5 Å². The summed E-state index contributed by atoms with van der Waals surface area (Å²) in [4.78, 5) is 26.7. The van der Waals surface area contributed by atoms with Crippen molar-refractivity contribution in [1.82, 2.24) is 19.9 Å². The molecule has 0 aliphatic carbocycles. The molecule has 8 heteroatoms. The molecule has 0 amide bonds. The number of carboxylic acids is 1. The third-order valence-electron chi connectivity index (χ3n) is 4.59. The van der Waals surface area contributed by atoms with E-state index in [0.717, 1.165) is 27.8 Å². The molecule has 8 bridgehead atoms. The van der Waals surface area contributed by atoms with Crippen LogP contribution in [0.3, 0.4) is 0 Å². The molecular formula is C22H15ClN4O3. The summed E-state index contributed by atoms with van der Waals surface area (Å²) in [5.74, 6) is -0.737. The van der Waals surface area contributed by atoms with Crippen LogP contribution in [0.1, 0.15) is 22.8 Å². The second-order valence-corrected chi connectivity index (χ2v) is 7.19. The summed E-state index contributed by atoms with van der Waals surface area (Å²) in [5, 5.41) is 9.33. The van der Waals surface area contributed by atoms with E-state index in [9.17, 15) is 4.79 Å². The summed E-state index contributed by atoms with van der Waals surface area (Å²) in [6.07, 6.45) is 5.31. The van der Waals surface area contributed by atoms with Crippen LogP contribution in [0, 0.1) is 0 Å². The highest BCUT2D eigenvalue weighted by atomic mass is 35.5. The van der Waals surface area contributed by atoms with E-state index in [-0.39, 0.29) is 0 Å². The van der Waals surface area contributed by atoms with Crippen LogP contribution in [0.15, 0.2) is 42.5 Å². The predicted molar refractivity (Wildman–Crippen MR) is 116 cm³/mol. The van der Waals surface area contributed by atoms with Crippen LogP contribution in [0.5, 0.6) is 0 Å². The number of carboxylic acid groups (broad SMARTS) is 1. The Hall–Kier alpha value is -3.84. The first-order valence-electron chi connectivity index (χ1n) is 9.15. The van der Waals surface area contributed by atoms with E-state index in [0.29, 0.717) is 27.9 Å². The van der Waals surface area contributed by atoms with Gasteiger partial charge in [-0.1, -0.05) is 11.6 Å². The molecule has 7 nitrogen and oxygen atoms in total. The molecular weight excluding hydrogens is 404 g/mol. The van der Waals surface area contributed by atoms with Crippen molar-refractivity contribution in [2.24, 2.45) is 0 Å². The lowest BCUT2D eigenvalue weighted by Crippen LogP contribution is -2.05. The Morgan fingerprint density at radius 1 is 0.933 bits per heavy atom. The number of ether oxygens (including phenoxy) is 1. The first-order chi connectivity index (χ1) is 14.5. The number of hydrogen-bond donors (Lipinski definition) is 3. The molecule has 0 fully saturated rings. The first-order valence-corrected chi connectivity index (χ1v) is 9.53. The maximum atomic E-state index is 11.0. The van der Waals surface area contributed by atoms with Gasteiger partial charge in [-0.3, -0.25) is 0 Å². The van der Waals surface area contributed by atoms with Crippen molar-refractivity contribution in [3.05, 3.63) is 70.3 Å². The molecule has 3 N–H and O–H groups in total. The van der Waals surface area contributed by atoms with Gasteiger partial charge in [-0.15, -0.1) is 0 Å². The lowest BCUT2D eigenvalue weighted by Gasteiger charge is -2.02. The normalized spacial score (nSPS) is 12.6. The molecule has 0 atom stereocenters. The molecule has 2 aliphatic heterocycles. The Bertz CT molecular complexity index is 1400. The minimum atomic E-state index is -1.07. The molecule has 5 heterocycles. The molecule has 3 aromatic rings. The summed E-state index contributed by atoms with van der Waals surface area (Å²) in [5.41, 5.74) is 5.82. The lowest BCUT2D eigenvalue weighted by atomic mass is 10.3. The monoisotopic (exact) mass is 418 g/mol. The van der Waals surface area contributed by atoms with Crippen LogP contribution >= 0.6 is 11.6 Å². The third-order valence-corrected chi connectivity index (χ3v) is 4.98. The fourth-order valence-corrected chi connectivity index (χ4v) is 3.47. The minimum Gasteiger partial charge on any atom is -0.480 e. The largest absolute Gasteiger partial charge is 0.480 e. The van der Waals surface area contributed by atoms with E-state index >= 15 is 0 Å². The molecule has 3 aromatic heterocycles. The number of halogens is 1. The van der Waals surface area contributed by atoms with E-state index in [1.807, 2.05) is 48.6 Å². The quantitative estimate of drug-likeness (QED) is 0.446. The zero-order valence-corrected chi connectivity index (χ0v) is 16.3. The number of rotatable bonds is 3. The second kappa shape index (κ2) is 7.20. The van der Waals surface area contributed by atoms with E-state index < -0.39 is 12.6 Å². The van der Waals surface area contributed by atoms with Crippen LogP contribution < -0.4 is 0 Å². The van der Waals surface area contributed by atoms with E-state index in [4.69, 9.17) is 21.4 Å². The molecule has 148 valence electrons. The number of aromatic nitrogens is 4. The number of aromatic amines is 2. The predicted octanol–water partition coefficient (Wildman–Crippen LogP) is 4.74.